The lowest BCUT2D eigenvalue weighted by atomic mass is 10.2. The Bertz CT molecular complexity index is 137. The Kier molecular flexibility index (Phi) is 9.00. The molecule has 4 nitrogen and oxygen atoms in total. The maximum Gasteiger partial charge on any atom is 0.0584 e. The first-order chi connectivity index (χ1) is 7.17. The number of hydrogen-bond acceptors (Lipinski definition) is 4. The van der Waals surface area contributed by atoms with E-state index in [0.717, 1.165) is 19.4 Å². The first kappa shape index (κ1) is 14.8. The molecule has 0 bridgehead atoms. The highest BCUT2D eigenvalue weighted by atomic mass is 16.3. The average Bonchev–Trinajstić information content (AvgIpc) is 2.27. The predicted octanol–water partition coefficient (Wildman–Crippen LogP) is 0.0959. The molecule has 0 amide bonds. The van der Waals surface area contributed by atoms with Gasteiger partial charge in [-0.05, 0) is 19.8 Å². The van der Waals surface area contributed by atoms with Gasteiger partial charge in [-0.1, -0.05) is 13.8 Å². The number of nitrogens with one attached hydrogen (secondary N) is 2. The van der Waals surface area contributed by atoms with Crippen LogP contribution in [0.25, 0.3) is 0 Å². The number of rotatable bonds is 9. The Balaban J connectivity index is 3.67. The van der Waals surface area contributed by atoms with E-state index in [0.29, 0.717) is 6.04 Å². The predicted molar refractivity (Wildman–Crippen MR) is 62.9 cm³/mol. The second-order valence-corrected chi connectivity index (χ2v) is 4.05. The average molecular weight is 218 g/mol. The normalized spacial score (nSPS) is 17.4. The largest absolute Gasteiger partial charge is 0.395 e. The molecule has 0 heterocycles. The minimum atomic E-state index is 0.177. The zero-order chi connectivity index (χ0) is 11.7. The lowest BCUT2D eigenvalue weighted by Crippen LogP contribution is -2.46. The van der Waals surface area contributed by atoms with E-state index in [4.69, 9.17) is 10.2 Å². The first-order valence-corrected chi connectivity index (χ1v) is 5.88. The van der Waals surface area contributed by atoms with Gasteiger partial charge < -0.3 is 20.8 Å². The second kappa shape index (κ2) is 9.09. The topological polar surface area (TPSA) is 64.5 Å². The van der Waals surface area contributed by atoms with Crippen LogP contribution in [0.2, 0.25) is 0 Å². The minimum Gasteiger partial charge on any atom is -0.395 e. The summed E-state index contributed by atoms with van der Waals surface area (Å²) in [5, 5.41) is 24.6. The summed E-state index contributed by atoms with van der Waals surface area (Å²) in [4.78, 5) is 0. The first-order valence-electron chi connectivity index (χ1n) is 5.88. The van der Waals surface area contributed by atoms with Gasteiger partial charge in [-0.25, -0.2) is 0 Å². The van der Waals surface area contributed by atoms with Crippen LogP contribution in [0.1, 0.15) is 33.6 Å². The van der Waals surface area contributed by atoms with Gasteiger partial charge in [-0.3, -0.25) is 0 Å². The van der Waals surface area contributed by atoms with Gasteiger partial charge in [0, 0.05) is 24.7 Å². The zero-order valence-electron chi connectivity index (χ0n) is 10.2. The molecule has 3 atom stereocenters. The third-order valence-electron chi connectivity index (χ3n) is 2.66. The summed E-state index contributed by atoms with van der Waals surface area (Å²) < 4.78 is 0. The Morgan fingerprint density at radius 1 is 1.00 bits per heavy atom. The van der Waals surface area contributed by atoms with Crippen LogP contribution < -0.4 is 10.6 Å². The third kappa shape index (κ3) is 6.84. The van der Waals surface area contributed by atoms with Gasteiger partial charge in [0.25, 0.3) is 0 Å². The summed E-state index contributed by atoms with van der Waals surface area (Å²) in [5.41, 5.74) is 0. The van der Waals surface area contributed by atoms with Crippen LogP contribution in [0.15, 0.2) is 0 Å². The molecule has 4 N–H and O–H groups in total. The lowest BCUT2D eigenvalue weighted by molar-refractivity contribution is 0.217. The van der Waals surface area contributed by atoms with Crippen LogP contribution in [0.4, 0.5) is 0 Å². The van der Waals surface area contributed by atoms with Gasteiger partial charge in [0.2, 0.25) is 0 Å². The van der Waals surface area contributed by atoms with Gasteiger partial charge in [0.1, 0.15) is 0 Å². The van der Waals surface area contributed by atoms with Crippen molar-refractivity contribution < 1.29 is 10.2 Å². The SMILES string of the molecule is CCC(CO)NCC(C)NC(CC)CO. The molecule has 0 saturated carbocycles. The van der Waals surface area contributed by atoms with Crippen LogP contribution in [0, 0.1) is 0 Å². The standard InChI is InChI=1S/C11H26N2O2/c1-4-10(7-14)12-6-9(3)13-11(5-2)8-15/h9-15H,4-8H2,1-3H3. The number of aliphatic hydroxyl groups excluding tert-OH is 2. The van der Waals surface area contributed by atoms with Gasteiger partial charge >= 0.3 is 0 Å². The summed E-state index contributed by atoms with van der Waals surface area (Å²) in [6.45, 7) is 7.36. The van der Waals surface area contributed by atoms with E-state index in [9.17, 15) is 0 Å². The summed E-state index contributed by atoms with van der Waals surface area (Å²) in [6.07, 6.45) is 1.86. The molecule has 15 heavy (non-hydrogen) atoms. The van der Waals surface area contributed by atoms with Crippen LogP contribution in [0.3, 0.4) is 0 Å². The highest BCUT2D eigenvalue weighted by molar-refractivity contribution is 4.73. The van der Waals surface area contributed by atoms with Crippen molar-refractivity contribution in [2.45, 2.75) is 51.7 Å². The van der Waals surface area contributed by atoms with Crippen molar-refractivity contribution in [3.05, 3.63) is 0 Å². The summed E-state index contributed by atoms with van der Waals surface area (Å²) >= 11 is 0. The fourth-order valence-electron chi connectivity index (χ4n) is 1.44. The fraction of sp³-hybridized carbons (Fsp3) is 1.00. The Hall–Kier alpha value is -0.160. The second-order valence-electron chi connectivity index (χ2n) is 4.05. The molecule has 0 spiro atoms. The summed E-state index contributed by atoms with van der Waals surface area (Å²) in [7, 11) is 0. The molecule has 0 radical (unpaired) electrons. The third-order valence-corrected chi connectivity index (χ3v) is 2.66. The molecule has 0 aliphatic carbocycles. The molecule has 0 rings (SSSR count). The summed E-state index contributed by atoms with van der Waals surface area (Å²) in [5.74, 6) is 0. The van der Waals surface area contributed by atoms with Crippen molar-refractivity contribution in [2.24, 2.45) is 0 Å². The molecule has 0 aromatic heterocycles. The smallest absolute Gasteiger partial charge is 0.0584 e. The van der Waals surface area contributed by atoms with Crippen molar-refractivity contribution in [1.29, 1.82) is 0 Å². The molecule has 4 heteroatoms. The van der Waals surface area contributed by atoms with Gasteiger partial charge in [-0.2, -0.15) is 0 Å². The molecule has 92 valence electrons. The van der Waals surface area contributed by atoms with E-state index in [1.54, 1.807) is 0 Å². The molecule has 0 aliphatic rings. The van der Waals surface area contributed by atoms with Crippen LogP contribution >= 0.6 is 0 Å². The maximum atomic E-state index is 9.02. The Morgan fingerprint density at radius 2 is 1.53 bits per heavy atom. The quantitative estimate of drug-likeness (QED) is 0.443. The zero-order valence-corrected chi connectivity index (χ0v) is 10.2. The molecule has 0 fully saturated rings. The van der Waals surface area contributed by atoms with E-state index in [1.165, 1.54) is 0 Å². The molecule has 0 aromatic carbocycles. The summed E-state index contributed by atoms with van der Waals surface area (Å²) in [6, 6.07) is 0.669. The Labute approximate surface area is 93.1 Å². The van der Waals surface area contributed by atoms with Crippen molar-refractivity contribution in [3.8, 4) is 0 Å². The van der Waals surface area contributed by atoms with Gasteiger partial charge in [0.15, 0.2) is 0 Å². The van der Waals surface area contributed by atoms with E-state index in [-0.39, 0.29) is 25.3 Å². The van der Waals surface area contributed by atoms with Crippen molar-refractivity contribution >= 4 is 0 Å². The lowest BCUT2D eigenvalue weighted by Gasteiger charge is -2.23. The van der Waals surface area contributed by atoms with Crippen molar-refractivity contribution in [2.75, 3.05) is 19.8 Å². The van der Waals surface area contributed by atoms with E-state index in [2.05, 4.69) is 31.4 Å². The minimum absolute atomic E-state index is 0.177. The number of hydrogen-bond donors (Lipinski definition) is 4. The highest BCUT2D eigenvalue weighted by Gasteiger charge is 2.10. The van der Waals surface area contributed by atoms with Crippen LogP contribution in [0.5, 0.6) is 0 Å². The molecular weight excluding hydrogens is 192 g/mol. The number of aliphatic hydroxyl groups is 2. The molecular formula is C11H26N2O2. The fourth-order valence-corrected chi connectivity index (χ4v) is 1.44. The molecule has 0 aromatic rings. The van der Waals surface area contributed by atoms with E-state index in [1.807, 2.05) is 0 Å². The molecule has 3 unspecified atom stereocenters. The van der Waals surface area contributed by atoms with Crippen LogP contribution in [-0.2, 0) is 0 Å². The van der Waals surface area contributed by atoms with Crippen LogP contribution in [-0.4, -0.2) is 48.1 Å². The maximum absolute atomic E-state index is 9.02. The highest BCUT2D eigenvalue weighted by Crippen LogP contribution is 1.94. The monoisotopic (exact) mass is 218 g/mol. The van der Waals surface area contributed by atoms with Gasteiger partial charge in [0.05, 0.1) is 13.2 Å². The van der Waals surface area contributed by atoms with E-state index >= 15 is 0 Å². The van der Waals surface area contributed by atoms with Gasteiger partial charge in [-0.15, -0.1) is 0 Å². The Morgan fingerprint density at radius 3 is 1.93 bits per heavy atom. The van der Waals surface area contributed by atoms with Crippen molar-refractivity contribution in [3.63, 3.8) is 0 Å². The van der Waals surface area contributed by atoms with E-state index < -0.39 is 0 Å². The molecule has 0 aliphatic heterocycles. The van der Waals surface area contributed by atoms with Crippen molar-refractivity contribution in [1.82, 2.24) is 10.6 Å². The molecule has 0 saturated heterocycles.